The summed E-state index contributed by atoms with van der Waals surface area (Å²) in [7, 11) is 1.87. The Morgan fingerprint density at radius 2 is 1.95 bits per heavy atom. The number of nitrogens with zero attached hydrogens (tertiary/aromatic N) is 3. The fourth-order valence-corrected chi connectivity index (χ4v) is 3.13. The molecule has 0 amide bonds. The first-order chi connectivity index (χ1) is 9.57. The first kappa shape index (κ1) is 15.0. The number of aromatic nitrogens is 3. The highest BCUT2D eigenvalue weighted by atomic mass is 16.4. The lowest BCUT2D eigenvalue weighted by Crippen LogP contribution is -2.34. The van der Waals surface area contributed by atoms with Crippen LogP contribution in [0, 0.1) is 5.41 Å². The van der Waals surface area contributed by atoms with E-state index in [0.717, 1.165) is 63.0 Å². The summed E-state index contributed by atoms with van der Waals surface area (Å²) in [5.41, 5.74) is -0.638. The summed E-state index contributed by atoms with van der Waals surface area (Å²) >= 11 is 0. The Morgan fingerprint density at radius 1 is 1.30 bits per heavy atom. The zero-order chi connectivity index (χ0) is 14.6. The Bertz CT molecular complexity index is 460. The van der Waals surface area contributed by atoms with Crippen LogP contribution in [-0.2, 0) is 24.7 Å². The van der Waals surface area contributed by atoms with Gasteiger partial charge in [0.25, 0.3) is 0 Å². The quantitative estimate of drug-likeness (QED) is 0.841. The lowest BCUT2D eigenvalue weighted by molar-refractivity contribution is -0.150. The van der Waals surface area contributed by atoms with E-state index in [0.29, 0.717) is 6.42 Å². The minimum atomic E-state index is -0.667. The molecule has 0 aliphatic heterocycles. The van der Waals surface area contributed by atoms with Crippen molar-refractivity contribution in [2.75, 3.05) is 0 Å². The summed E-state index contributed by atoms with van der Waals surface area (Å²) in [6, 6.07) is 0. The highest BCUT2D eigenvalue weighted by Gasteiger charge is 2.40. The van der Waals surface area contributed by atoms with E-state index in [1.54, 1.807) is 4.68 Å². The van der Waals surface area contributed by atoms with Gasteiger partial charge in [-0.05, 0) is 19.3 Å². The maximum absolute atomic E-state index is 11.8. The minimum Gasteiger partial charge on any atom is -0.481 e. The highest BCUT2D eigenvalue weighted by molar-refractivity contribution is 5.75. The van der Waals surface area contributed by atoms with Gasteiger partial charge < -0.3 is 5.11 Å². The van der Waals surface area contributed by atoms with E-state index in [-0.39, 0.29) is 0 Å². The molecule has 112 valence electrons. The maximum atomic E-state index is 11.8. The molecule has 0 atom stereocenters. The first-order valence-corrected chi connectivity index (χ1v) is 7.69. The third kappa shape index (κ3) is 3.19. The number of rotatable bonds is 5. The van der Waals surface area contributed by atoms with Crippen LogP contribution in [0.1, 0.15) is 63.5 Å². The smallest absolute Gasteiger partial charge is 0.310 e. The molecule has 0 bridgehead atoms. The molecule has 5 nitrogen and oxygen atoms in total. The second kappa shape index (κ2) is 6.37. The molecule has 1 aliphatic carbocycles. The molecule has 1 aliphatic rings. The van der Waals surface area contributed by atoms with Crippen LogP contribution in [0.15, 0.2) is 0 Å². The van der Waals surface area contributed by atoms with Crippen LogP contribution in [0.5, 0.6) is 0 Å². The van der Waals surface area contributed by atoms with Gasteiger partial charge in [-0.2, -0.15) is 5.10 Å². The Hall–Kier alpha value is -1.39. The zero-order valence-electron chi connectivity index (χ0n) is 12.6. The molecule has 1 aromatic heterocycles. The van der Waals surface area contributed by atoms with Crippen LogP contribution in [0.4, 0.5) is 0 Å². The topological polar surface area (TPSA) is 68.0 Å². The molecule has 0 unspecified atom stereocenters. The number of carboxylic acid groups (broad SMARTS) is 1. The van der Waals surface area contributed by atoms with E-state index in [2.05, 4.69) is 17.0 Å². The molecule has 0 spiro atoms. The van der Waals surface area contributed by atoms with Crippen molar-refractivity contribution in [1.29, 1.82) is 0 Å². The fraction of sp³-hybridized carbons (Fsp3) is 0.800. The van der Waals surface area contributed by atoms with Gasteiger partial charge in [-0.15, -0.1) is 0 Å². The number of carboxylic acids is 1. The van der Waals surface area contributed by atoms with Gasteiger partial charge in [-0.3, -0.25) is 9.48 Å². The predicted octanol–water partition coefficient (Wildman–Crippen LogP) is 2.74. The van der Waals surface area contributed by atoms with E-state index in [1.165, 1.54) is 0 Å². The summed E-state index contributed by atoms with van der Waals surface area (Å²) in [5, 5.41) is 14.1. The summed E-state index contributed by atoms with van der Waals surface area (Å²) in [6.45, 7) is 2.10. The number of aryl methyl sites for hydroxylation is 2. The Labute approximate surface area is 120 Å². The Morgan fingerprint density at radius 3 is 2.50 bits per heavy atom. The Balaban J connectivity index is 2.21. The first-order valence-electron chi connectivity index (χ1n) is 7.69. The van der Waals surface area contributed by atoms with Gasteiger partial charge in [0.05, 0.1) is 5.41 Å². The lowest BCUT2D eigenvalue weighted by atomic mass is 9.77. The highest BCUT2D eigenvalue weighted by Crippen LogP contribution is 2.38. The van der Waals surface area contributed by atoms with Crippen molar-refractivity contribution >= 4 is 5.97 Å². The minimum absolute atomic E-state index is 0.509. The molecule has 1 N–H and O–H groups in total. The molecule has 1 aromatic rings. The van der Waals surface area contributed by atoms with Crippen LogP contribution in [0.2, 0.25) is 0 Å². The molecule has 1 fully saturated rings. The van der Waals surface area contributed by atoms with Crippen LogP contribution >= 0.6 is 0 Å². The van der Waals surface area contributed by atoms with Gasteiger partial charge >= 0.3 is 5.97 Å². The van der Waals surface area contributed by atoms with Crippen molar-refractivity contribution < 1.29 is 9.90 Å². The molecule has 0 radical (unpaired) electrons. The van der Waals surface area contributed by atoms with Crippen LogP contribution in [0.3, 0.4) is 0 Å². The van der Waals surface area contributed by atoms with Crippen molar-refractivity contribution in [2.24, 2.45) is 12.5 Å². The zero-order valence-corrected chi connectivity index (χ0v) is 12.6. The van der Waals surface area contributed by atoms with Gasteiger partial charge in [-0.1, -0.05) is 32.6 Å². The van der Waals surface area contributed by atoms with E-state index < -0.39 is 11.4 Å². The SMILES string of the molecule is CCCc1nc(CC2(C(=O)O)CCCCCC2)n(C)n1. The van der Waals surface area contributed by atoms with Crippen molar-refractivity contribution in [3.63, 3.8) is 0 Å². The van der Waals surface area contributed by atoms with E-state index in [9.17, 15) is 9.90 Å². The Kier molecular flexibility index (Phi) is 4.78. The molecule has 1 saturated carbocycles. The monoisotopic (exact) mass is 279 g/mol. The van der Waals surface area contributed by atoms with Crippen molar-refractivity contribution in [1.82, 2.24) is 14.8 Å². The van der Waals surface area contributed by atoms with Crippen molar-refractivity contribution in [3.8, 4) is 0 Å². The standard InChI is InChI=1S/C15H25N3O2/c1-3-8-12-16-13(18(2)17-12)11-15(14(19)20)9-6-4-5-7-10-15/h3-11H2,1-2H3,(H,19,20). The number of aliphatic carboxylic acids is 1. The van der Waals surface area contributed by atoms with Gasteiger partial charge in [0.15, 0.2) is 5.82 Å². The molecule has 0 saturated heterocycles. The third-order valence-electron chi connectivity index (χ3n) is 4.38. The van der Waals surface area contributed by atoms with Gasteiger partial charge in [0, 0.05) is 19.9 Å². The van der Waals surface area contributed by atoms with Crippen LogP contribution in [-0.4, -0.2) is 25.8 Å². The summed E-state index contributed by atoms with van der Waals surface area (Å²) in [6.07, 6.45) is 8.20. The second-order valence-corrected chi connectivity index (χ2v) is 5.99. The van der Waals surface area contributed by atoms with E-state index in [4.69, 9.17) is 0 Å². The van der Waals surface area contributed by atoms with Gasteiger partial charge in [0.2, 0.25) is 0 Å². The van der Waals surface area contributed by atoms with E-state index in [1.807, 2.05) is 7.05 Å². The molecule has 1 heterocycles. The number of hydrogen-bond acceptors (Lipinski definition) is 3. The second-order valence-electron chi connectivity index (χ2n) is 5.99. The van der Waals surface area contributed by atoms with Crippen LogP contribution in [0.25, 0.3) is 0 Å². The largest absolute Gasteiger partial charge is 0.481 e. The van der Waals surface area contributed by atoms with Gasteiger partial charge in [0.1, 0.15) is 5.82 Å². The predicted molar refractivity (Wildman–Crippen MR) is 76.5 cm³/mol. The average Bonchev–Trinajstić information content (AvgIpc) is 2.62. The molecular formula is C15H25N3O2. The normalized spacial score (nSPS) is 18.7. The third-order valence-corrected chi connectivity index (χ3v) is 4.38. The van der Waals surface area contributed by atoms with E-state index >= 15 is 0 Å². The molecule has 5 heteroatoms. The molecule has 2 rings (SSSR count). The summed E-state index contributed by atoms with van der Waals surface area (Å²) < 4.78 is 1.76. The lowest BCUT2D eigenvalue weighted by Gasteiger charge is -2.27. The van der Waals surface area contributed by atoms with Gasteiger partial charge in [-0.25, -0.2) is 4.98 Å². The molecule has 0 aromatic carbocycles. The van der Waals surface area contributed by atoms with Crippen molar-refractivity contribution in [2.45, 2.75) is 64.7 Å². The van der Waals surface area contributed by atoms with Crippen LogP contribution < -0.4 is 0 Å². The molecular weight excluding hydrogens is 254 g/mol. The fourth-order valence-electron chi connectivity index (χ4n) is 3.13. The summed E-state index contributed by atoms with van der Waals surface area (Å²) in [5.74, 6) is 0.983. The van der Waals surface area contributed by atoms with Crippen molar-refractivity contribution in [3.05, 3.63) is 11.6 Å². The maximum Gasteiger partial charge on any atom is 0.310 e. The number of carbonyl (C=O) groups is 1. The summed E-state index contributed by atoms with van der Waals surface area (Å²) in [4.78, 5) is 16.4. The average molecular weight is 279 g/mol. The molecule has 20 heavy (non-hydrogen) atoms. The number of hydrogen-bond donors (Lipinski definition) is 1.